The van der Waals surface area contributed by atoms with Gasteiger partial charge in [0, 0.05) is 30.9 Å². The molecule has 8 heteroatoms. The minimum atomic E-state index is -0.259. The number of piperidine rings is 1. The highest BCUT2D eigenvalue weighted by Gasteiger charge is 2.28. The van der Waals surface area contributed by atoms with Crippen LogP contribution >= 0.6 is 0 Å². The van der Waals surface area contributed by atoms with Crippen LogP contribution in [0.25, 0.3) is 5.65 Å². The Bertz CT molecular complexity index is 990. The van der Waals surface area contributed by atoms with Crippen LogP contribution in [-0.4, -0.2) is 45.9 Å². The molecule has 30 heavy (non-hydrogen) atoms. The molecular formula is C22H29FN6O. The number of β-amino-alcohol motifs (C(OH)–C–C–N with tert-alkyl or cyclic N) is 1. The lowest BCUT2D eigenvalue weighted by atomic mass is 10.1. The number of aliphatic hydroxyl groups excluding tert-OH is 1. The number of hydrogen-bond acceptors (Lipinski definition) is 6. The second-order valence-electron chi connectivity index (χ2n) is 8.03. The first-order chi connectivity index (χ1) is 14.5. The summed E-state index contributed by atoms with van der Waals surface area (Å²) in [5.74, 6) is 1.83. The van der Waals surface area contributed by atoms with Crippen molar-refractivity contribution in [3.05, 3.63) is 47.4 Å². The van der Waals surface area contributed by atoms with E-state index in [4.69, 9.17) is 5.11 Å². The van der Waals surface area contributed by atoms with Gasteiger partial charge in [-0.2, -0.15) is 9.61 Å². The first kappa shape index (κ1) is 20.6. The van der Waals surface area contributed by atoms with Gasteiger partial charge in [-0.1, -0.05) is 0 Å². The number of aliphatic hydroxyl groups is 1. The maximum Gasteiger partial charge on any atom is 0.163 e. The third kappa shape index (κ3) is 4.88. The topological polar surface area (TPSA) is 86.5 Å². The summed E-state index contributed by atoms with van der Waals surface area (Å²) in [4.78, 5) is 4.63. The largest absolute Gasteiger partial charge is 0.392 e. The molecule has 4 N–H and O–H groups in total. The van der Waals surface area contributed by atoms with Crippen molar-refractivity contribution in [2.24, 2.45) is 0 Å². The van der Waals surface area contributed by atoms with E-state index >= 15 is 0 Å². The van der Waals surface area contributed by atoms with Crippen LogP contribution < -0.4 is 16.0 Å². The molecule has 0 amide bonds. The van der Waals surface area contributed by atoms with Gasteiger partial charge < -0.3 is 21.1 Å². The Hall–Kier alpha value is -2.71. The molecule has 2 fully saturated rings. The summed E-state index contributed by atoms with van der Waals surface area (Å²) < 4.78 is 15.4. The molecule has 1 aliphatic heterocycles. The number of nitrogens with zero attached hydrogens (tertiary/aromatic N) is 3. The number of benzene rings is 1. The summed E-state index contributed by atoms with van der Waals surface area (Å²) in [6, 6.07) is 6.76. The SMILES string of the molecule is CNc1cc(Nc2cc(C)cc(F)c2)n2ncc(C3CC3)c2n1.OC1CCCNC1. The number of rotatable bonds is 4. The molecule has 1 aliphatic carbocycles. The third-order valence-electron chi connectivity index (χ3n) is 5.36. The van der Waals surface area contributed by atoms with Gasteiger partial charge in [-0.25, -0.2) is 9.37 Å². The van der Waals surface area contributed by atoms with Crippen molar-refractivity contribution >= 4 is 23.0 Å². The zero-order chi connectivity index (χ0) is 21.1. The van der Waals surface area contributed by atoms with E-state index in [0.29, 0.717) is 11.6 Å². The first-order valence-corrected chi connectivity index (χ1v) is 10.5. The Balaban J connectivity index is 0.000000265. The van der Waals surface area contributed by atoms with Crippen molar-refractivity contribution < 1.29 is 9.50 Å². The number of hydrogen-bond donors (Lipinski definition) is 4. The zero-order valence-corrected chi connectivity index (χ0v) is 17.5. The maximum atomic E-state index is 13.6. The number of aromatic nitrogens is 3. The van der Waals surface area contributed by atoms with Gasteiger partial charge in [0.1, 0.15) is 17.5 Å². The fraction of sp³-hybridized carbons (Fsp3) is 0.455. The lowest BCUT2D eigenvalue weighted by Gasteiger charge is -2.16. The first-order valence-electron chi connectivity index (χ1n) is 10.5. The van der Waals surface area contributed by atoms with Crippen molar-refractivity contribution in [1.29, 1.82) is 0 Å². The van der Waals surface area contributed by atoms with E-state index < -0.39 is 0 Å². The van der Waals surface area contributed by atoms with Crippen molar-refractivity contribution in [3.8, 4) is 0 Å². The smallest absolute Gasteiger partial charge is 0.163 e. The van der Waals surface area contributed by atoms with Crippen molar-refractivity contribution in [2.75, 3.05) is 30.8 Å². The fourth-order valence-corrected chi connectivity index (χ4v) is 3.67. The van der Waals surface area contributed by atoms with Crippen molar-refractivity contribution in [3.63, 3.8) is 0 Å². The molecule has 160 valence electrons. The maximum absolute atomic E-state index is 13.6. The molecule has 7 nitrogen and oxygen atoms in total. The summed E-state index contributed by atoms with van der Waals surface area (Å²) in [5.41, 5.74) is 3.60. The molecule has 1 unspecified atom stereocenters. The molecule has 5 rings (SSSR count). The number of halogens is 1. The molecule has 1 aromatic carbocycles. The third-order valence-corrected chi connectivity index (χ3v) is 5.36. The van der Waals surface area contributed by atoms with Crippen molar-refractivity contribution in [2.45, 2.75) is 44.6 Å². The van der Waals surface area contributed by atoms with E-state index in [0.717, 1.165) is 48.8 Å². The van der Waals surface area contributed by atoms with E-state index in [-0.39, 0.29) is 11.9 Å². The van der Waals surface area contributed by atoms with Gasteiger partial charge in [0.2, 0.25) is 0 Å². The quantitative estimate of drug-likeness (QED) is 0.524. The average molecular weight is 413 g/mol. The summed E-state index contributed by atoms with van der Waals surface area (Å²) in [5, 5.41) is 22.7. The Morgan fingerprint density at radius 2 is 2.03 bits per heavy atom. The highest BCUT2D eigenvalue weighted by molar-refractivity contribution is 5.66. The minimum Gasteiger partial charge on any atom is -0.392 e. The van der Waals surface area contributed by atoms with Crippen molar-refractivity contribution in [1.82, 2.24) is 19.9 Å². The lowest BCUT2D eigenvalue weighted by molar-refractivity contribution is 0.142. The summed E-state index contributed by atoms with van der Waals surface area (Å²) in [6.07, 6.45) is 6.31. The second-order valence-corrected chi connectivity index (χ2v) is 8.03. The predicted molar refractivity (Wildman–Crippen MR) is 117 cm³/mol. The summed E-state index contributed by atoms with van der Waals surface area (Å²) >= 11 is 0. The zero-order valence-electron chi connectivity index (χ0n) is 17.5. The molecule has 1 saturated heterocycles. The van der Waals surface area contributed by atoms with Gasteiger partial charge in [-0.3, -0.25) is 0 Å². The van der Waals surface area contributed by atoms with Crippen LogP contribution in [0.2, 0.25) is 0 Å². The molecule has 1 saturated carbocycles. The standard InChI is InChI=1S/C17H18FN5.C5H11NO/c1-10-5-12(18)7-13(6-10)21-16-8-15(19-2)22-17-14(11-3-4-11)9-20-23(16)17;7-5-2-1-3-6-4-5/h5-9,11,21H,3-4H2,1-2H3,(H,19,22);5-7H,1-4H2. The minimum absolute atomic E-state index is 0.0752. The Kier molecular flexibility index (Phi) is 6.15. The Labute approximate surface area is 175 Å². The van der Waals surface area contributed by atoms with Gasteiger partial charge in [0.05, 0.1) is 12.3 Å². The lowest BCUT2D eigenvalue weighted by Crippen LogP contribution is -2.33. The second kappa shape index (κ2) is 8.97. The molecule has 2 aliphatic rings. The highest BCUT2D eigenvalue weighted by atomic mass is 19.1. The molecule has 1 atom stereocenters. The van der Waals surface area contributed by atoms with Gasteiger partial charge in [-0.15, -0.1) is 0 Å². The molecule has 0 radical (unpaired) electrons. The van der Waals surface area contributed by atoms with E-state index in [1.54, 1.807) is 4.52 Å². The van der Waals surface area contributed by atoms with Crippen LogP contribution in [-0.2, 0) is 0 Å². The predicted octanol–water partition coefficient (Wildman–Crippen LogP) is 3.57. The van der Waals surface area contributed by atoms with Crippen LogP contribution in [0, 0.1) is 12.7 Å². The molecule has 3 heterocycles. The van der Waals surface area contributed by atoms with Crippen LogP contribution in [0.5, 0.6) is 0 Å². The van der Waals surface area contributed by atoms with E-state index in [1.165, 1.54) is 30.5 Å². The van der Waals surface area contributed by atoms with E-state index in [9.17, 15) is 4.39 Å². The van der Waals surface area contributed by atoms with Gasteiger partial charge in [0.15, 0.2) is 5.65 Å². The highest BCUT2D eigenvalue weighted by Crippen LogP contribution is 2.42. The molecule has 0 bridgehead atoms. The number of anilines is 3. The van der Waals surface area contributed by atoms with Gasteiger partial charge in [0.25, 0.3) is 0 Å². The Morgan fingerprint density at radius 1 is 1.20 bits per heavy atom. The molecule has 0 spiro atoms. The number of nitrogens with one attached hydrogen (secondary N) is 3. The van der Waals surface area contributed by atoms with Crippen LogP contribution in [0.4, 0.5) is 21.7 Å². The van der Waals surface area contributed by atoms with Crippen LogP contribution in [0.1, 0.15) is 42.7 Å². The number of aryl methyl sites for hydroxylation is 1. The van der Waals surface area contributed by atoms with Gasteiger partial charge in [-0.05, 0) is 68.8 Å². The van der Waals surface area contributed by atoms with Gasteiger partial charge >= 0.3 is 0 Å². The fourth-order valence-electron chi connectivity index (χ4n) is 3.67. The molecular weight excluding hydrogens is 383 g/mol. The number of fused-ring (bicyclic) bond motifs is 1. The normalized spacial score (nSPS) is 18.6. The van der Waals surface area contributed by atoms with E-state index in [2.05, 4.69) is 26.0 Å². The van der Waals surface area contributed by atoms with E-state index in [1.807, 2.05) is 32.3 Å². The summed E-state index contributed by atoms with van der Waals surface area (Å²) in [6.45, 7) is 3.74. The van der Waals surface area contributed by atoms with Crippen LogP contribution in [0.3, 0.4) is 0 Å². The summed E-state index contributed by atoms with van der Waals surface area (Å²) in [7, 11) is 1.84. The molecule has 2 aromatic heterocycles. The Morgan fingerprint density at radius 3 is 2.63 bits per heavy atom. The monoisotopic (exact) mass is 412 g/mol. The average Bonchev–Trinajstić information content (AvgIpc) is 3.47. The molecule has 3 aromatic rings. The van der Waals surface area contributed by atoms with Crippen LogP contribution in [0.15, 0.2) is 30.5 Å².